The van der Waals surface area contributed by atoms with E-state index in [1.54, 1.807) is 24.3 Å². The van der Waals surface area contributed by atoms with E-state index in [1.807, 2.05) is 0 Å². The molecule has 0 fully saturated rings. The summed E-state index contributed by atoms with van der Waals surface area (Å²) in [5.74, 6) is -0.531. The minimum Gasteiger partial charge on any atom is -0.324 e. The first kappa shape index (κ1) is 17.9. The van der Waals surface area contributed by atoms with Crippen LogP contribution in [0.3, 0.4) is 0 Å². The van der Waals surface area contributed by atoms with Gasteiger partial charge in [0.1, 0.15) is 0 Å². The van der Waals surface area contributed by atoms with E-state index in [9.17, 15) is 22.8 Å². The number of hydrogen-bond donors (Lipinski definition) is 2. The van der Waals surface area contributed by atoms with Crippen molar-refractivity contribution in [2.75, 3.05) is 5.32 Å². The number of nitrogens with one attached hydrogen (secondary N) is 2. The van der Waals surface area contributed by atoms with Gasteiger partial charge >= 0.3 is 6.18 Å². The summed E-state index contributed by atoms with van der Waals surface area (Å²) in [4.78, 5) is 24.0. The highest BCUT2D eigenvalue weighted by Gasteiger charge is 2.31. The number of halogens is 4. The van der Waals surface area contributed by atoms with Gasteiger partial charge in [-0.15, -0.1) is 0 Å². The molecule has 3 rings (SSSR count). The lowest BCUT2D eigenvalue weighted by molar-refractivity contribution is -0.137. The summed E-state index contributed by atoms with van der Waals surface area (Å²) in [5, 5.41) is 9.31. The third-order valence-corrected chi connectivity index (χ3v) is 3.99. The Labute approximate surface area is 149 Å². The molecule has 1 amide bonds. The molecule has 2 N–H and O–H groups in total. The molecule has 3 aromatic rings. The second-order valence-electron chi connectivity index (χ2n) is 5.46. The second-order valence-corrected chi connectivity index (χ2v) is 5.87. The Kier molecular flexibility index (Phi) is 4.69. The van der Waals surface area contributed by atoms with E-state index in [4.69, 9.17) is 11.6 Å². The molecule has 0 atom stereocenters. The molecular weight excluding hydrogens is 371 g/mol. The Hall–Kier alpha value is -2.87. The molecule has 0 aliphatic carbocycles. The molecule has 0 bridgehead atoms. The zero-order chi connectivity index (χ0) is 18.9. The number of aromatic amines is 1. The van der Waals surface area contributed by atoms with E-state index in [0.717, 1.165) is 18.2 Å². The first-order chi connectivity index (χ1) is 12.3. The van der Waals surface area contributed by atoms with Crippen molar-refractivity contribution < 1.29 is 18.0 Å². The van der Waals surface area contributed by atoms with Gasteiger partial charge in [0.2, 0.25) is 5.91 Å². The molecule has 0 spiro atoms. The van der Waals surface area contributed by atoms with Crippen LogP contribution in [0.1, 0.15) is 11.3 Å². The number of anilines is 1. The Balaban J connectivity index is 1.82. The predicted molar refractivity (Wildman–Crippen MR) is 91.2 cm³/mol. The van der Waals surface area contributed by atoms with Gasteiger partial charge in [-0.25, -0.2) is 5.10 Å². The van der Waals surface area contributed by atoms with Gasteiger partial charge in [-0.1, -0.05) is 29.8 Å². The number of rotatable bonds is 3. The van der Waals surface area contributed by atoms with Gasteiger partial charge in [0.15, 0.2) is 0 Å². The van der Waals surface area contributed by atoms with E-state index in [2.05, 4.69) is 15.5 Å². The maximum Gasteiger partial charge on any atom is 0.416 e. The number of hydrogen-bond acceptors (Lipinski definition) is 3. The van der Waals surface area contributed by atoms with Crippen LogP contribution in [0.2, 0.25) is 5.02 Å². The SMILES string of the molecule is O=C(Cc1n[nH]c(=O)c2ccccc12)Nc1ccc(C(F)(F)F)cc1Cl. The minimum absolute atomic E-state index is 0.0541. The van der Waals surface area contributed by atoms with Crippen molar-refractivity contribution in [1.82, 2.24) is 10.2 Å². The van der Waals surface area contributed by atoms with Crippen LogP contribution >= 0.6 is 11.6 Å². The molecule has 0 aliphatic heterocycles. The largest absolute Gasteiger partial charge is 0.416 e. The van der Waals surface area contributed by atoms with Crippen molar-refractivity contribution in [3.63, 3.8) is 0 Å². The molecule has 1 heterocycles. The lowest BCUT2D eigenvalue weighted by atomic mass is 10.1. The van der Waals surface area contributed by atoms with Crippen LogP contribution in [0.25, 0.3) is 10.8 Å². The molecule has 134 valence electrons. The number of H-pyrrole nitrogens is 1. The lowest BCUT2D eigenvalue weighted by Crippen LogP contribution is -2.18. The zero-order valence-corrected chi connectivity index (χ0v) is 13.8. The fourth-order valence-electron chi connectivity index (χ4n) is 2.45. The molecular formula is C17H11ClF3N3O2. The number of fused-ring (bicyclic) bond motifs is 1. The van der Waals surface area contributed by atoms with Crippen molar-refractivity contribution in [2.45, 2.75) is 12.6 Å². The highest BCUT2D eigenvalue weighted by atomic mass is 35.5. The number of amides is 1. The summed E-state index contributed by atoms with van der Waals surface area (Å²) in [6.45, 7) is 0. The van der Waals surface area contributed by atoms with Gasteiger partial charge in [0, 0.05) is 5.39 Å². The van der Waals surface area contributed by atoms with Gasteiger partial charge < -0.3 is 5.32 Å². The Morgan fingerprint density at radius 3 is 2.50 bits per heavy atom. The van der Waals surface area contributed by atoms with E-state index in [1.165, 1.54) is 0 Å². The van der Waals surface area contributed by atoms with Crippen LogP contribution in [-0.2, 0) is 17.4 Å². The number of benzene rings is 2. The van der Waals surface area contributed by atoms with E-state index >= 15 is 0 Å². The highest BCUT2D eigenvalue weighted by Crippen LogP contribution is 2.33. The first-order valence-corrected chi connectivity index (χ1v) is 7.76. The van der Waals surface area contributed by atoms with Crippen LogP contribution in [0.15, 0.2) is 47.3 Å². The average molecular weight is 382 g/mol. The summed E-state index contributed by atoms with van der Waals surface area (Å²) < 4.78 is 37.9. The molecule has 0 saturated carbocycles. The van der Waals surface area contributed by atoms with Gasteiger partial charge in [0.25, 0.3) is 5.56 Å². The molecule has 9 heteroatoms. The van der Waals surface area contributed by atoms with Crippen molar-refractivity contribution in [2.24, 2.45) is 0 Å². The highest BCUT2D eigenvalue weighted by molar-refractivity contribution is 6.33. The van der Waals surface area contributed by atoms with Crippen molar-refractivity contribution in [3.8, 4) is 0 Å². The summed E-state index contributed by atoms with van der Waals surface area (Å²) in [6, 6.07) is 9.30. The standard InChI is InChI=1S/C17H11ClF3N3O2/c18-12-7-9(17(19,20)21)5-6-13(12)22-15(25)8-14-10-3-1-2-4-11(10)16(26)24-23-14/h1-7H,8H2,(H,22,25)(H,24,26). The third kappa shape index (κ3) is 3.70. The van der Waals surface area contributed by atoms with E-state index < -0.39 is 17.6 Å². The second kappa shape index (κ2) is 6.80. The van der Waals surface area contributed by atoms with Crippen LogP contribution in [0.4, 0.5) is 18.9 Å². The van der Waals surface area contributed by atoms with E-state index in [-0.39, 0.29) is 22.7 Å². The van der Waals surface area contributed by atoms with Crippen LogP contribution < -0.4 is 10.9 Å². The quantitative estimate of drug-likeness (QED) is 0.725. The predicted octanol–water partition coefficient (Wildman–Crippen LogP) is 3.78. The van der Waals surface area contributed by atoms with Crippen molar-refractivity contribution >= 4 is 34.0 Å². The van der Waals surface area contributed by atoms with Crippen LogP contribution in [-0.4, -0.2) is 16.1 Å². The Morgan fingerprint density at radius 1 is 1.15 bits per heavy atom. The monoisotopic (exact) mass is 381 g/mol. The average Bonchev–Trinajstić information content (AvgIpc) is 2.58. The summed E-state index contributed by atoms with van der Waals surface area (Å²) in [6.07, 6.45) is -4.71. The zero-order valence-electron chi connectivity index (χ0n) is 13.0. The summed E-state index contributed by atoms with van der Waals surface area (Å²) in [5.41, 5.74) is -0.900. The summed E-state index contributed by atoms with van der Waals surface area (Å²) >= 11 is 5.82. The van der Waals surface area contributed by atoms with Crippen molar-refractivity contribution in [1.29, 1.82) is 0 Å². The maximum absolute atomic E-state index is 12.6. The molecule has 5 nitrogen and oxygen atoms in total. The molecule has 0 radical (unpaired) electrons. The molecule has 0 unspecified atom stereocenters. The number of carbonyl (C=O) groups is 1. The molecule has 1 aromatic heterocycles. The number of carbonyl (C=O) groups excluding carboxylic acids is 1. The Bertz CT molecular complexity index is 1050. The molecule has 0 aliphatic rings. The lowest BCUT2D eigenvalue weighted by Gasteiger charge is -2.11. The molecule has 26 heavy (non-hydrogen) atoms. The smallest absolute Gasteiger partial charge is 0.324 e. The van der Waals surface area contributed by atoms with Gasteiger partial charge in [-0.2, -0.15) is 18.3 Å². The first-order valence-electron chi connectivity index (χ1n) is 7.38. The number of alkyl halides is 3. The topological polar surface area (TPSA) is 74.8 Å². The van der Waals surface area contributed by atoms with Gasteiger partial charge in [-0.3, -0.25) is 9.59 Å². The molecule has 0 saturated heterocycles. The summed E-state index contributed by atoms with van der Waals surface area (Å²) in [7, 11) is 0. The minimum atomic E-state index is -4.52. The number of aromatic nitrogens is 2. The maximum atomic E-state index is 12.6. The Morgan fingerprint density at radius 2 is 1.85 bits per heavy atom. The van der Waals surface area contributed by atoms with Crippen molar-refractivity contribution in [3.05, 3.63) is 69.1 Å². The van der Waals surface area contributed by atoms with Gasteiger partial charge in [-0.05, 0) is 24.3 Å². The third-order valence-electron chi connectivity index (χ3n) is 3.67. The van der Waals surface area contributed by atoms with Gasteiger partial charge in [0.05, 0.1) is 33.8 Å². The van der Waals surface area contributed by atoms with Crippen LogP contribution in [0.5, 0.6) is 0 Å². The van der Waals surface area contributed by atoms with Crippen LogP contribution in [0, 0.1) is 0 Å². The fourth-order valence-corrected chi connectivity index (χ4v) is 2.67. The normalized spacial score (nSPS) is 11.5. The fraction of sp³-hybridized carbons (Fsp3) is 0.118. The molecule has 2 aromatic carbocycles. The van der Waals surface area contributed by atoms with E-state index in [0.29, 0.717) is 16.5 Å². The number of nitrogens with zero attached hydrogens (tertiary/aromatic N) is 1.